The Morgan fingerprint density at radius 3 is 1.90 bits per heavy atom. The van der Waals surface area contributed by atoms with E-state index in [1.165, 1.54) is 16.6 Å². The van der Waals surface area contributed by atoms with Crippen molar-refractivity contribution in [2.45, 2.75) is 39.4 Å². The Kier molecular flexibility index (Phi) is 4.34. The Hall–Kier alpha value is -1.54. The summed E-state index contributed by atoms with van der Waals surface area (Å²) >= 11 is 0. The zero-order valence-electron chi connectivity index (χ0n) is 13.1. The second-order valence-corrected chi connectivity index (χ2v) is 8.90. The van der Waals surface area contributed by atoms with Crippen LogP contribution in [-0.4, -0.2) is 14.3 Å². The molecule has 2 heteroatoms. The molecule has 105 valence electrons. The Morgan fingerprint density at radius 1 is 0.800 bits per heavy atom. The van der Waals surface area contributed by atoms with Crippen molar-refractivity contribution in [2.75, 3.05) is 4.90 Å². The smallest absolute Gasteiger partial charge is 0.0819 e. The maximum absolute atomic E-state index is 2.46. The van der Waals surface area contributed by atoms with Crippen LogP contribution in [0.3, 0.4) is 0 Å². The summed E-state index contributed by atoms with van der Waals surface area (Å²) in [7, 11) is -0.495. The van der Waals surface area contributed by atoms with E-state index < -0.39 is 8.80 Å². The molecular formula is C18H24NSi. The van der Waals surface area contributed by atoms with E-state index in [0.717, 1.165) is 0 Å². The molecule has 0 aliphatic heterocycles. The van der Waals surface area contributed by atoms with Crippen LogP contribution in [0, 0.1) is 0 Å². The van der Waals surface area contributed by atoms with Crippen molar-refractivity contribution in [3.05, 3.63) is 54.6 Å². The predicted octanol–water partition coefficient (Wildman–Crippen LogP) is 4.58. The number of benzene rings is 2. The van der Waals surface area contributed by atoms with E-state index in [4.69, 9.17) is 0 Å². The van der Waals surface area contributed by atoms with Crippen LogP contribution < -0.4 is 10.1 Å². The number of anilines is 2. The number of rotatable bonds is 3. The summed E-state index contributed by atoms with van der Waals surface area (Å²) < 4.78 is 0. The first kappa shape index (κ1) is 14.9. The topological polar surface area (TPSA) is 3.24 Å². The van der Waals surface area contributed by atoms with Gasteiger partial charge in [0.2, 0.25) is 0 Å². The van der Waals surface area contributed by atoms with Crippen LogP contribution in [0.5, 0.6) is 0 Å². The minimum atomic E-state index is -0.495. The maximum Gasteiger partial charge on any atom is 0.0819 e. The quantitative estimate of drug-likeness (QED) is 0.745. The lowest BCUT2D eigenvalue weighted by Gasteiger charge is -2.39. The fourth-order valence-electron chi connectivity index (χ4n) is 2.56. The molecule has 0 saturated carbocycles. The van der Waals surface area contributed by atoms with Gasteiger partial charge in [-0.1, -0.05) is 49.5 Å². The third kappa shape index (κ3) is 3.13. The molecule has 0 N–H and O–H groups in total. The third-order valence-corrected chi connectivity index (χ3v) is 4.87. The van der Waals surface area contributed by atoms with Gasteiger partial charge in [-0.05, 0) is 44.2 Å². The predicted molar refractivity (Wildman–Crippen MR) is 91.9 cm³/mol. The molecule has 0 unspecified atom stereocenters. The van der Waals surface area contributed by atoms with Crippen molar-refractivity contribution < 1.29 is 0 Å². The molecule has 0 atom stereocenters. The Labute approximate surface area is 124 Å². The summed E-state index contributed by atoms with van der Waals surface area (Å²) in [5, 5.41) is 1.50. The SMILES string of the molecule is C[Si](C)c1ccccc1N(c1ccccc1)C(C)(C)C. The lowest BCUT2D eigenvalue weighted by Crippen LogP contribution is -2.42. The first-order valence-corrected chi connectivity index (χ1v) is 9.66. The molecule has 0 aliphatic carbocycles. The highest BCUT2D eigenvalue weighted by molar-refractivity contribution is 6.72. The van der Waals surface area contributed by atoms with Gasteiger partial charge in [-0.3, -0.25) is 0 Å². The van der Waals surface area contributed by atoms with Crippen LogP contribution in [0.4, 0.5) is 11.4 Å². The van der Waals surface area contributed by atoms with Gasteiger partial charge in [0.25, 0.3) is 0 Å². The van der Waals surface area contributed by atoms with Crippen LogP contribution in [0.2, 0.25) is 13.1 Å². The number of para-hydroxylation sites is 2. The molecule has 0 amide bonds. The first-order chi connectivity index (χ1) is 9.41. The molecular weight excluding hydrogens is 258 g/mol. The zero-order chi connectivity index (χ0) is 14.8. The Bertz CT molecular complexity index is 555. The largest absolute Gasteiger partial charge is 0.336 e. The number of nitrogens with zero attached hydrogens (tertiary/aromatic N) is 1. The van der Waals surface area contributed by atoms with Gasteiger partial charge in [0.15, 0.2) is 0 Å². The Morgan fingerprint density at radius 2 is 1.35 bits per heavy atom. The number of hydrogen-bond donors (Lipinski definition) is 0. The third-order valence-electron chi connectivity index (χ3n) is 3.37. The van der Waals surface area contributed by atoms with Crippen LogP contribution in [0.15, 0.2) is 54.6 Å². The molecule has 1 radical (unpaired) electrons. The molecule has 0 saturated heterocycles. The zero-order valence-corrected chi connectivity index (χ0v) is 14.1. The summed E-state index contributed by atoms with van der Waals surface area (Å²) in [6.45, 7) is 11.5. The van der Waals surface area contributed by atoms with E-state index in [2.05, 4.69) is 93.4 Å². The van der Waals surface area contributed by atoms with Gasteiger partial charge in [-0.25, -0.2) is 0 Å². The fraction of sp³-hybridized carbons (Fsp3) is 0.333. The van der Waals surface area contributed by atoms with Gasteiger partial charge in [-0.2, -0.15) is 0 Å². The summed E-state index contributed by atoms with van der Waals surface area (Å²) in [6.07, 6.45) is 0. The molecule has 0 bridgehead atoms. The van der Waals surface area contributed by atoms with Crippen LogP contribution in [0.25, 0.3) is 0 Å². The van der Waals surface area contributed by atoms with Gasteiger partial charge in [0, 0.05) is 16.9 Å². The van der Waals surface area contributed by atoms with Gasteiger partial charge in [0.1, 0.15) is 0 Å². The highest BCUT2D eigenvalue weighted by Gasteiger charge is 2.25. The molecule has 0 spiro atoms. The molecule has 0 heterocycles. The van der Waals surface area contributed by atoms with Gasteiger partial charge in [0.05, 0.1) is 8.80 Å². The standard InChI is InChI=1S/C18H24NSi/c1-18(2,3)19(15-11-7-6-8-12-15)16-13-9-10-14-17(16)20(4)5/h6-14H,1-5H3. The molecule has 0 fully saturated rings. The van der Waals surface area contributed by atoms with Crippen molar-refractivity contribution in [2.24, 2.45) is 0 Å². The van der Waals surface area contributed by atoms with Crippen molar-refractivity contribution in [1.29, 1.82) is 0 Å². The van der Waals surface area contributed by atoms with Crippen molar-refractivity contribution >= 4 is 25.4 Å². The molecule has 0 aromatic heterocycles. The molecule has 20 heavy (non-hydrogen) atoms. The fourth-order valence-corrected chi connectivity index (χ4v) is 3.69. The summed E-state index contributed by atoms with van der Waals surface area (Å²) in [6, 6.07) is 19.5. The van der Waals surface area contributed by atoms with Gasteiger partial charge >= 0.3 is 0 Å². The lowest BCUT2D eigenvalue weighted by atomic mass is 10.0. The molecule has 1 nitrogen and oxygen atoms in total. The second kappa shape index (κ2) is 5.84. The molecule has 2 rings (SSSR count). The van der Waals surface area contributed by atoms with E-state index in [0.29, 0.717) is 0 Å². The van der Waals surface area contributed by atoms with E-state index in [1.807, 2.05) is 0 Å². The summed E-state index contributed by atoms with van der Waals surface area (Å²) in [5.41, 5.74) is 2.66. The van der Waals surface area contributed by atoms with Crippen LogP contribution in [0.1, 0.15) is 20.8 Å². The van der Waals surface area contributed by atoms with Crippen molar-refractivity contribution in [3.8, 4) is 0 Å². The first-order valence-electron chi connectivity index (χ1n) is 7.16. The molecule has 2 aromatic carbocycles. The molecule has 0 aliphatic rings. The summed E-state index contributed by atoms with van der Waals surface area (Å²) in [5.74, 6) is 0. The normalized spacial score (nSPS) is 11.7. The maximum atomic E-state index is 2.46. The van der Waals surface area contributed by atoms with Crippen LogP contribution in [-0.2, 0) is 0 Å². The summed E-state index contributed by atoms with van der Waals surface area (Å²) in [4.78, 5) is 2.46. The highest BCUT2D eigenvalue weighted by atomic mass is 28.3. The minimum absolute atomic E-state index is 0.0504. The van der Waals surface area contributed by atoms with E-state index in [-0.39, 0.29) is 5.54 Å². The van der Waals surface area contributed by atoms with Gasteiger partial charge in [-0.15, -0.1) is 0 Å². The molecule has 2 aromatic rings. The second-order valence-electron chi connectivity index (χ2n) is 6.36. The average molecular weight is 282 g/mol. The van der Waals surface area contributed by atoms with Crippen molar-refractivity contribution in [1.82, 2.24) is 0 Å². The average Bonchev–Trinajstić information content (AvgIpc) is 2.39. The van der Waals surface area contributed by atoms with Crippen molar-refractivity contribution in [3.63, 3.8) is 0 Å². The number of hydrogen-bond acceptors (Lipinski definition) is 1. The Balaban J connectivity index is 2.60. The van der Waals surface area contributed by atoms with Gasteiger partial charge < -0.3 is 4.90 Å². The van der Waals surface area contributed by atoms with E-state index >= 15 is 0 Å². The van der Waals surface area contributed by atoms with Crippen LogP contribution >= 0.6 is 0 Å². The van der Waals surface area contributed by atoms with E-state index in [9.17, 15) is 0 Å². The van der Waals surface area contributed by atoms with E-state index in [1.54, 1.807) is 0 Å². The lowest BCUT2D eigenvalue weighted by molar-refractivity contribution is 0.561. The highest BCUT2D eigenvalue weighted by Crippen LogP contribution is 2.32. The minimum Gasteiger partial charge on any atom is -0.336 e. The monoisotopic (exact) mass is 282 g/mol.